The molecule has 0 unspecified atom stereocenters. The van der Waals surface area contributed by atoms with E-state index in [2.05, 4.69) is 26.5 Å². The van der Waals surface area contributed by atoms with E-state index in [0.29, 0.717) is 37.3 Å². The Kier molecular flexibility index (Phi) is 10.1. The summed E-state index contributed by atoms with van der Waals surface area (Å²) in [5.74, 6) is 0.282. The highest BCUT2D eigenvalue weighted by molar-refractivity contribution is 9.10. The predicted octanol–water partition coefficient (Wildman–Crippen LogP) is 5.88. The predicted molar refractivity (Wildman–Crippen MR) is 155 cm³/mol. The van der Waals surface area contributed by atoms with Gasteiger partial charge in [0.05, 0.1) is 29.7 Å². The molecule has 1 N–H and O–H groups in total. The number of nitrogens with one attached hydrogen (secondary N) is 1. The maximum absolute atomic E-state index is 12.6. The number of halogens is 3. The monoisotopic (exact) mass is 641 g/mol. The lowest BCUT2D eigenvalue weighted by atomic mass is 10.1. The number of nitrogens with zero attached hydrogens (tertiary/aromatic N) is 2. The van der Waals surface area contributed by atoms with Crippen LogP contribution in [0.2, 0.25) is 10.0 Å². The molecule has 0 aliphatic heterocycles. The summed E-state index contributed by atoms with van der Waals surface area (Å²) in [4.78, 5) is 12.6. The molecule has 38 heavy (non-hydrogen) atoms. The summed E-state index contributed by atoms with van der Waals surface area (Å²) < 4.78 is 37.8. The minimum absolute atomic E-state index is 0.186. The van der Waals surface area contributed by atoms with Crippen molar-refractivity contribution in [2.45, 2.75) is 20.5 Å². The highest BCUT2D eigenvalue weighted by Crippen LogP contribution is 2.37. The quantitative estimate of drug-likeness (QED) is 0.220. The first-order valence-corrected chi connectivity index (χ1v) is 14.6. The van der Waals surface area contributed by atoms with Crippen molar-refractivity contribution in [3.63, 3.8) is 0 Å². The molecule has 0 saturated heterocycles. The Bertz CT molecular complexity index is 1480. The molecule has 0 radical (unpaired) electrons. The lowest BCUT2D eigenvalue weighted by Crippen LogP contribution is -2.39. The number of aryl methyl sites for hydroxylation is 2. The highest BCUT2D eigenvalue weighted by Gasteiger charge is 2.22. The smallest absolute Gasteiger partial charge is 0.260 e. The van der Waals surface area contributed by atoms with Crippen molar-refractivity contribution in [1.29, 1.82) is 0 Å². The molecular weight excluding hydrogens is 617 g/mol. The Hall–Kier alpha value is -2.79. The zero-order valence-electron chi connectivity index (χ0n) is 21.1. The van der Waals surface area contributed by atoms with Crippen molar-refractivity contribution >= 4 is 67.0 Å². The summed E-state index contributed by atoms with van der Waals surface area (Å²) in [5, 5.41) is 4.99. The van der Waals surface area contributed by atoms with E-state index in [9.17, 15) is 13.2 Å². The summed E-state index contributed by atoms with van der Waals surface area (Å²) in [5.41, 5.74) is 5.88. The molecule has 3 aromatic carbocycles. The van der Waals surface area contributed by atoms with Crippen molar-refractivity contribution in [3.8, 4) is 11.5 Å². The van der Waals surface area contributed by atoms with E-state index in [1.54, 1.807) is 49.4 Å². The van der Waals surface area contributed by atoms with E-state index in [1.165, 1.54) is 13.3 Å². The average Bonchev–Trinajstić information content (AvgIpc) is 2.82. The third-order valence-corrected chi connectivity index (χ3v) is 7.65. The third-order valence-electron chi connectivity index (χ3n) is 5.35. The van der Waals surface area contributed by atoms with Crippen molar-refractivity contribution in [3.05, 3.63) is 85.3 Å². The molecule has 12 heteroatoms. The van der Waals surface area contributed by atoms with Crippen molar-refractivity contribution in [2.24, 2.45) is 5.10 Å². The zero-order chi connectivity index (χ0) is 28.0. The van der Waals surface area contributed by atoms with Gasteiger partial charge < -0.3 is 9.47 Å². The van der Waals surface area contributed by atoms with Gasteiger partial charge in [0.1, 0.15) is 13.2 Å². The van der Waals surface area contributed by atoms with E-state index in [4.69, 9.17) is 32.7 Å². The van der Waals surface area contributed by atoms with E-state index >= 15 is 0 Å². The van der Waals surface area contributed by atoms with Gasteiger partial charge in [-0.3, -0.25) is 9.10 Å². The van der Waals surface area contributed by atoms with Crippen LogP contribution in [0, 0.1) is 13.8 Å². The Labute approximate surface area is 240 Å². The molecule has 1 amide bonds. The Balaban J connectivity index is 1.70. The molecule has 0 fully saturated rings. The normalized spacial score (nSPS) is 11.4. The van der Waals surface area contributed by atoms with Gasteiger partial charge in [-0.25, -0.2) is 13.8 Å². The number of carbonyl (C=O) groups is 1. The number of rotatable bonds is 10. The standard InChI is InChI=1S/C26H26BrCl2N3O5S/c1-16-5-8-23(17(2)9-16)32(38(4,34)35)14-25(33)31-30-13-18-10-21(27)26(24(11-18)36-3)37-15-19-6-7-20(28)12-22(19)29/h5-13H,14-15H2,1-4H3,(H,31,33)/b30-13-. The van der Waals surface area contributed by atoms with E-state index in [0.717, 1.165) is 27.3 Å². The highest BCUT2D eigenvalue weighted by atomic mass is 79.9. The number of benzene rings is 3. The number of anilines is 1. The fourth-order valence-electron chi connectivity index (χ4n) is 3.55. The summed E-state index contributed by atoms with van der Waals surface area (Å²) in [7, 11) is -2.21. The van der Waals surface area contributed by atoms with Crippen LogP contribution in [0.15, 0.2) is 58.1 Å². The van der Waals surface area contributed by atoms with Gasteiger partial charge in [-0.15, -0.1) is 0 Å². The molecule has 0 bridgehead atoms. The molecule has 8 nitrogen and oxygen atoms in total. The van der Waals surface area contributed by atoms with Crippen LogP contribution in [0.4, 0.5) is 5.69 Å². The van der Waals surface area contributed by atoms with Crippen molar-refractivity contribution < 1.29 is 22.7 Å². The van der Waals surface area contributed by atoms with Gasteiger partial charge in [0.15, 0.2) is 11.5 Å². The Morgan fingerprint density at radius 2 is 1.87 bits per heavy atom. The van der Waals surface area contributed by atoms with Crippen LogP contribution < -0.4 is 19.2 Å². The van der Waals surface area contributed by atoms with Crippen LogP contribution in [0.5, 0.6) is 11.5 Å². The van der Waals surface area contributed by atoms with Gasteiger partial charge in [-0.1, -0.05) is 47.0 Å². The van der Waals surface area contributed by atoms with Crippen LogP contribution in [-0.2, 0) is 21.4 Å². The number of hydrazone groups is 1. The maximum Gasteiger partial charge on any atom is 0.260 e. The van der Waals surface area contributed by atoms with Gasteiger partial charge in [-0.05, 0) is 71.2 Å². The van der Waals surface area contributed by atoms with Gasteiger partial charge >= 0.3 is 0 Å². The van der Waals surface area contributed by atoms with Crippen LogP contribution in [-0.4, -0.2) is 40.4 Å². The molecule has 0 atom stereocenters. The van der Waals surface area contributed by atoms with Crippen LogP contribution in [0.3, 0.4) is 0 Å². The zero-order valence-corrected chi connectivity index (χ0v) is 25.0. The number of methoxy groups -OCH3 is 1. The molecule has 0 aliphatic carbocycles. The first kappa shape index (κ1) is 29.8. The number of ether oxygens (including phenoxy) is 2. The summed E-state index contributed by atoms with van der Waals surface area (Å²) in [6.45, 7) is 3.46. The number of carbonyl (C=O) groups excluding carboxylic acids is 1. The lowest BCUT2D eigenvalue weighted by molar-refractivity contribution is -0.119. The second-order valence-electron chi connectivity index (χ2n) is 8.41. The Morgan fingerprint density at radius 1 is 1.13 bits per heavy atom. The second-order valence-corrected chi connectivity index (χ2v) is 12.0. The van der Waals surface area contributed by atoms with E-state index in [1.807, 2.05) is 13.0 Å². The van der Waals surface area contributed by atoms with Gasteiger partial charge in [-0.2, -0.15) is 5.10 Å². The molecule has 0 spiro atoms. The molecule has 202 valence electrons. The van der Waals surface area contributed by atoms with Gasteiger partial charge in [0.2, 0.25) is 10.0 Å². The van der Waals surface area contributed by atoms with Crippen LogP contribution >= 0.6 is 39.1 Å². The van der Waals surface area contributed by atoms with E-state index < -0.39 is 22.5 Å². The number of amides is 1. The molecule has 0 heterocycles. The number of sulfonamides is 1. The first-order valence-electron chi connectivity index (χ1n) is 11.2. The van der Waals surface area contributed by atoms with Crippen LogP contribution in [0.1, 0.15) is 22.3 Å². The Morgan fingerprint density at radius 3 is 2.50 bits per heavy atom. The van der Waals surface area contributed by atoms with E-state index in [-0.39, 0.29) is 6.61 Å². The molecule has 0 aliphatic rings. The SMILES string of the molecule is COc1cc(/C=N\NC(=O)CN(c2ccc(C)cc2C)S(C)(=O)=O)cc(Br)c1OCc1ccc(Cl)cc1Cl. The number of hydrogen-bond donors (Lipinski definition) is 1. The topological polar surface area (TPSA) is 97.3 Å². The molecular formula is C26H26BrCl2N3O5S. The fourth-order valence-corrected chi connectivity index (χ4v) is 5.51. The largest absolute Gasteiger partial charge is 0.493 e. The molecule has 3 rings (SSSR count). The number of hydrogen-bond acceptors (Lipinski definition) is 6. The molecule has 3 aromatic rings. The van der Waals surface area contributed by atoms with Crippen molar-refractivity contribution in [1.82, 2.24) is 5.43 Å². The average molecular weight is 643 g/mol. The second kappa shape index (κ2) is 12.8. The lowest BCUT2D eigenvalue weighted by Gasteiger charge is -2.23. The first-order chi connectivity index (χ1) is 17.9. The minimum atomic E-state index is -3.71. The summed E-state index contributed by atoms with van der Waals surface area (Å²) >= 11 is 15.6. The molecule has 0 saturated carbocycles. The van der Waals surface area contributed by atoms with Crippen molar-refractivity contribution in [2.75, 3.05) is 24.2 Å². The molecule has 0 aromatic heterocycles. The van der Waals surface area contributed by atoms with Gasteiger partial charge in [0.25, 0.3) is 5.91 Å². The summed E-state index contributed by atoms with van der Waals surface area (Å²) in [6, 6.07) is 13.9. The minimum Gasteiger partial charge on any atom is -0.493 e. The van der Waals surface area contributed by atoms with Crippen LogP contribution in [0.25, 0.3) is 0 Å². The summed E-state index contributed by atoms with van der Waals surface area (Å²) in [6.07, 6.45) is 2.46. The van der Waals surface area contributed by atoms with Gasteiger partial charge in [0, 0.05) is 15.6 Å². The fraction of sp³-hybridized carbons (Fsp3) is 0.231. The maximum atomic E-state index is 12.6. The third kappa shape index (κ3) is 7.86.